The molecule has 0 atom stereocenters. The van der Waals surface area contributed by atoms with Gasteiger partial charge in [0.1, 0.15) is 0 Å². The van der Waals surface area contributed by atoms with Gasteiger partial charge < -0.3 is 16.2 Å². The fourth-order valence-electron chi connectivity index (χ4n) is 0.898. The van der Waals surface area contributed by atoms with Gasteiger partial charge in [0.25, 0.3) is 0 Å². The van der Waals surface area contributed by atoms with Gasteiger partial charge in [0.2, 0.25) is 0 Å². The molecule has 0 amide bonds. The highest BCUT2D eigenvalue weighted by molar-refractivity contribution is 5.56. The van der Waals surface area contributed by atoms with Gasteiger partial charge in [0, 0.05) is 24.0 Å². The second-order valence-corrected chi connectivity index (χ2v) is 2.32. The molecule has 0 aliphatic heterocycles. The fourth-order valence-corrected chi connectivity index (χ4v) is 0.898. The maximum atomic E-state index is 8.83. The number of nitrogens with one attached hydrogen (secondary N) is 1. The smallest absolute Gasteiger partial charge is 0.0702 e. The summed E-state index contributed by atoms with van der Waals surface area (Å²) in [5.74, 6) is 0. The molecule has 0 radical (unpaired) electrons. The molecule has 60 valence electrons. The van der Waals surface area contributed by atoms with Gasteiger partial charge >= 0.3 is 0 Å². The molecule has 0 saturated heterocycles. The van der Waals surface area contributed by atoms with Gasteiger partial charge in [-0.25, -0.2) is 0 Å². The highest BCUT2D eigenvalue weighted by Gasteiger charge is 1.97. The van der Waals surface area contributed by atoms with Gasteiger partial charge in [-0.3, -0.25) is 0 Å². The van der Waals surface area contributed by atoms with Crippen LogP contribution in [0.3, 0.4) is 0 Å². The molecule has 0 unspecified atom stereocenters. The Balaban J connectivity index is 3.02. The lowest BCUT2D eigenvalue weighted by Gasteiger charge is -2.04. The van der Waals surface area contributed by atoms with Crippen molar-refractivity contribution in [3.05, 3.63) is 23.8 Å². The van der Waals surface area contributed by atoms with Crippen molar-refractivity contribution in [1.82, 2.24) is 0 Å². The van der Waals surface area contributed by atoms with Crippen molar-refractivity contribution < 1.29 is 5.11 Å². The van der Waals surface area contributed by atoms with E-state index in [9.17, 15) is 0 Å². The molecule has 1 aromatic rings. The summed E-state index contributed by atoms with van der Waals surface area (Å²) in [5, 5.41) is 11.8. The first kappa shape index (κ1) is 7.88. The third-order valence-corrected chi connectivity index (χ3v) is 1.60. The molecule has 0 fully saturated rings. The summed E-state index contributed by atoms with van der Waals surface area (Å²) in [7, 11) is 1.83. The second-order valence-electron chi connectivity index (χ2n) is 2.32. The zero-order chi connectivity index (χ0) is 8.27. The Labute approximate surface area is 65.8 Å². The molecule has 0 saturated carbocycles. The van der Waals surface area contributed by atoms with Crippen molar-refractivity contribution in [2.24, 2.45) is 0 Å². The van der Waals surface area contributed by atoms with Crippen LogP contribution in [0.5, 0.6) is 0 Å². The number of hydrogen-bond donors (Lipinski definition) is 3. The molecule has 0 aromatic heterocycles. The Bertz CT molecular complexity index is 248. The second kappa shape index (κ2) is 3.25. The largest absolute Gasteiger partial charge is 0.398 e. The van der Waals surface area contributed by atoms with E-state index >= 15 is 0 Å². The van der Waals surface area contributed by atoms with Crippen LogP contribution in [0, 0.1) is 0 Å². The van der Waals surface area contributed by atoms with Gasteiger partial charge in [-0.05, 0) is 18.2 Å². The highest BCUT2D eigenvalue weighted by atomic mass is 16.3. The van der Waals surface area contributed by atoms with Crippen molar-refractivity contribution in [2.45, 2.75) is 6.61 Å². The van der Waals surface area contributed by atoms with E-state index in [0.717, 1.165) is 11.3 Å². The van der Waals surface area contributed by atoms with Gasteiger partial charge in [0.15, 0.2) is 0 Å². The van der Waals surface area contributed by atoms with E-state index in [1.54, 1.807) is 6.07 Å². The summed E-state index contributed by atoms with van der Waals surface area (Å²) >= 11 is 0. The first-order chi connectivity index (χ1) is 5.27. The summed E-state index contributed by atoms with van der Waals surface area (Å²) in [6, 6.07) is 5.47. The SMILES string of the molecule is CNc1ccc(N)c(CO)c1. The minimum Gasteiger partial charge on any atom is -0.398 e. The average Bonchev–Trinajstić information content (AvgIpc) is 2.05. The topological polar surface area (TPSA) is 58.3 Å². The number of nitrogen functional groups attached to an aromatic ring is 1. The summed E-state index contributed by atoms with van der Waals surface area (Å²) in [6.45, 7) is -0.0125. The van der Waals surface area contributed by atoms with Gasteiger partial charge in [-0.1, -0.05) is 0 Å². The van der Waals surface area contributed by atoms with Gasteiger partial charge in [-0.15, -0.1) is 0 Å². The Kier molecular flexibility index (Phi) is 2.33. The predicted molar refractivity (Wildman–Crippen MR) is 46.3 cm³/mol. The van der Waals surface area contributed by atoms with E-state index < -0.39 is 0 Å². The van der Waals surface area contributed by atoms with Gasteiger partial charge in [0.05, 0.1) is 6.61 Å². The van der Waals surface area contributed by atoms with Crippen molar-refractivity contribution in [1.29, 1.82) is 0 Å². The maximum Gasteiger partial charge on any atom is 0.0702 e. The third-order valence-electron chi connectivity index (χ3n) is 1.60. The van der Waals surface area contributed by atoms with Crippen molar-refractivity contribution in [2.75, 3.05) is 18.1 Å². The Morgan fingerprint density at radius 3 is 2.82 bits per heavy atom. The van der Waals surface area contributed by atoms with Crippen LogP contribution in [0.1, 0.15) is 5.56 Å². The normalized spacial score (nSPS) is 9.64. The first-order valence-electron chi connectivity index (χ1n) is 3.45. The molecule has 0 aliphatic rings. The summed E-state index contributed by atoms with van der Waals surface area (Å²) in [5.41, 5.74) is 7.92. The molecule has 4 N–H and O–H groups in total. The minimum atomic E-state index is -0.0125. The fraction of sp³-hybridized carbons (Fsp3) is 0.250. The number of benzene rings is 1. The molecule has 0 aliphatic carbocycles. The standard InChI is InChI=1S/C8H12N2O/c1-10-7-2-3-8(9)6(4-7)5-11/h2-4,10-11H,5,9H2,1H3. The van der Waals surface area contributed by atoms with Crippen molar-refractivity contribution >= 4 is 11.4 Å². The lowest BCUT2D eigenvalue weighted by atomic mass is 10.2. The van der Waals surface area contributed by atoms with Crippen LogP contribution in [0.25, 0.3) is 0 Å². The highest BCUT2D eigenvalue weighted by Crippen LogP contribution is 2.16. The van der Waals surface area contributed by atoms with Crippen LogP contribution in [0.4, 0.5) is 11.4 Å². The number of rotatable bonds is 2. The number of hydrogen-bond acceptors (Lipinski definition) is 3. The third kappa shape index (κ3) is 1.62. The molecule has 0 spiro atoms. The number of aliphatic hydroxyl groups is 1. The van der Waals surface area contributed by atoms with Gasteiger partial charge in [-0.2, -0.15) is 0 Å². The number of aliphatic hydroxyl groups excluding tert-OH is 1. The Morgan fingerprint density at radius 1 is 1.55 bits per heavy atom. The quantitative estimate of drug-likeness (QED) is 0.549. The number of nitrogens with two attached hydrogens (primary N) is 1. The molecular formula is C8H12N2O. The molecule has 1 rings (SSSR count). The molecule has 3 nitrogen and oxygen atoms in total. The average molecular weight is 152 g/mol. The summed E-state index contributed by atoms with van der Waals surface area (Å²) in [6.07, 6.45) is 0. The minimum absolute atomic E-state index is 0.0125. The molecule has 1 aromatic carbocycles. The lowest BCUT2D eigenvalue weighted by Crippen LogP contribution is -1.96. The van der Waals surface area contributed by atoms with E-state index in [2.05, 4.69) is 5.32 Å². The number of anilines is 2. The van der Waals surface area contributed by atoms with Crippen LogP contribution in [0.15, 0.2) is 18.2 Å². The summed E-state index contributed by atoms with van der Waals surface area (Å²) in [4.78, 5) is 0. The van der Waals surface area contributed by atoms with Crippen LogP contribution < -0.4 is 11.1 Å². The van der Waals surface area contributed by atoms with Crippen LogP contribution >= 0.6 is 0 Å². The van der Waals surface area contributed by atoms with Crippen molar-refractivity contribution in [3.8, 4) is 0 Å². The maximum absolute atomic E-state index is 8.83. The Hall–Kier alpha value is -1.22. The zero-order valence-electron chi connectivity index (χ0n) is 6.46. The zero-order valence-corrected chi connectivity index (χ0v) is 6.46. The first-order valence-corrected chi connectivity index (χ1v) is 3.45. The lowest BCUT2D eigenvalue weighted by molar-refractivity contribution is 0.282. The molecule has 11 heavy (non-hydrogen) atoms. The van der Waals surface area contributed by atoms with E-state index in [-0.39, 0.29) is 6.61 Å². The molecule has 0 bridgehead atoms. The summed E-state index contributed by atoms with van der Waals surface area (Å²) < 4.78 is 0. The van der Waals surface area contributed by atoms with Crippen LogP contribution in [-0.2, 0) is 6.61 Å². The molecular weight excluding hydrogens is 140 g/mol. The van der Waals surface area contributed by atoms with E-state index in [4.69, 9.17) is 10.8 Å². The van der Waals surface area contributed by atoms with Crippen LogP contribution in [-0.4, -0.2) is 12.2 Å². The molecule has 3 heteroatoms. The van der Waals surface area contributed by atoms with E-state index in [1.165, 1.54) is 0 Å². The predicted octanol–water partition coefficient (Wildman–Crippen LogP) is 0.803. The van der Waals surface area contributed by atoms with E-state index in [1.807, 2.05) is 19.2 Å². The van der Waals surface area contributed by atoms with Crippen LogP contribution in [0.2, 0.25) is 0 Å². The monoisotopic (exact) mass is 152 g/mol. The van der Waals surface area contributed by atoms with Crippen molar-refractivity contribution in [3.63, 3.8) is 0 Å². The molecule has 0 heterocycles. The van der Waals surface area contributed by atoms with E-state index in [0.29, 0.717) is 5.69 Å². The Morgan fingerprint density at radius 2 is 2.27 bits per heavy atom.